The number of methoxy groups -OCH3 is 1. The van der Waals surface area contributed by atoms with Crippen molar-refractivity contribution in [3.63, 3.8) is 0 Å². The molecule has 1 saturated heterocycles. The normalized spacial score (nSPS) is 20.6. The van der Waals surface area contributed by atoms with Crippen molar-refractivity contribution in [3.05, 3.63) is 10.6 Å². The lowest BCUT2D eigenvalue weighted by Gasteiger charge is -2.18. The van der Waals surface area contributed by atoms with Gasteiger partial charge in [-0.25, -0.2) is 9.78 Å². The number of thiazole rings is 1. The zero-order valence-electron chi connectivity index (χ0n) is 11.2. The molecule has 1 aromatic rings. The topological polar surface area (TPSA) is 42.4 Å². The van der Waals surface area contributed by atoms with Crippen LogP contribution in [0.15, 0.2) is 0 Å². The van der Waals surface area contributed by atoms with E-state index in [9.17, 15) is 4.79 Å². The maximum absolute atomic E-state index is 11.6. The Morgan fingerprint density at radius 3 is 2.94 bits per heavy atom. The molecule has 2 rings (SSSR count). The van der Waals surface area contributed by atoms with E-state index in [1.54, 1.807) is 11.3 Å². The summed E-state index contributed by atoms with van der Waals surface area (Å²) in [5, 5.41) is 0.960. The van der Waals surface area contributed by atoms with Gasteiger partial charge in [0.05, 0.1) is 7.11 Å². The minimum absolute atomic E-state index is 0.335. The molecular formula is C13H20N2O2S. The molecule has 2 heterocycles. The standard InChI is InChI=1S/C13H20N2O2S/c1-9-5-4-7-15(8-6-9)13-14-11(10(2)18-13)12(16)17-3/h9H,4-8H2,1-3H3. The van der Waals surface area contributed by atoms with E-state index < -0.39 is 0 Å². The Morgan fingerprint density at radius 1 is 1.44 bits per heavy atom. The van der Waals surface area contributed by atoms with Gasteiger partial charge in [-0.05, 0) is 32.1 Å². The molecule has 0 saturated carbocycles. The molecule has 18 heavy (non-hydrogen) atoms. The molecule has 0 spiro atoms. The van der Waals surface area contributed by atoms with Gasteiger partial charge < -0.3 is 9.64 Å². The highest BCUT2D eigenvalue weighted by Crippen LogP contribution is 2.29. The van der Waals surface area contributed by atoms with Crippen molar-refractivity contribution in [2.24, 2.45) is 5.92 Å². The third kappa shape index (κ3) is 2.83. The molecular weight excluding hydrogens is 248 g/mol. The highest BCUT2D eigenvalue weighted by atomic mass is 32.1. The Balaban J connectivity index is 2.15. The van der Waals surface area contributed by atoms with Crippen molar-refractivity contribution in [2.45, 2.75) is 33.1 Å². The fraction of sp³-hybridized carbons (Fsp3) is 0.692. The SMILES string of the molecule is COC(=O)c1nc(N2CCCC(C)CC2)sc1C. The highest BCUT2D eigenvalue weighted by molar-refractivity contribution is 7.15. The smallest absolute Gasteiger partial charge is 0.357 e. The highest BCUT2D eigenvalue weighted by Gasteiger charge is 2.21. The number of anilines is 1. The van der Waals surface area contributed by atoms with Crippen LogP contribution in [0.1, 0.15) is 41.6 Å². The van der Waals surface area contributed by atoms with Crippen LogP contribution >= 0.6 is 11.3 Å². The maximum atomic E-state index is 11.6. The third-order valence-electron chi connectivity index (χ3n) is 3.45. The second kappa shape index (κ2) is 5.69. The van der Waals surface area contributed by atoms with Gasteiger partial charge in [0.25, 0.3) is 0 Å². The van der Waals surface area contributed by atoms with Crippen molar-refractivity contribution >= 4 is 22.4 Å². The summed E-state index contributed by atoms with van der Waals surface area (Å²) in [5.74, 6) is 0.453. The van der Waals surface area contributed by atoms with Crippen LogP contribution in [0.3, 0.4) is 0 Å². The number of hydrogen-bond donors (Lipinski definition) is 0. The monoisotopic (exact) mass is 268 g/mol. The number of carbonyl (C=O) groups excluding carboxylic acids is 1. The van der Waals surface area contributed by atoms with Crippen molar-refractivity contribution in [3.8, 4) is 0 Å². The largest absolute Gasteiger partial charge is 0.464 e. The Labute approximate surface area is 112 Å². The molecule has 0 aliphatic carbocycles. The summed E-state index contributed by atoms with van der Waals surface area (Å²) in [5.41, 5.74) is 0.467. The van der Waals surface area contributed by atoms with E-state index in [1.807, 2.05) is 6.92 Å². The van der Waals surface area contributed by atoms with E-state index in [0.29, 0.717) is 5.69 Å². The summed E-state index contributed by atoms with van der Waals surface area (Å²) in [4.78, 5) is 19.2. The second-order valence-corrected chi connectivity index (χ2v) is 6.10. The first kappa shape index (κ1) is 13.3. The van der Waals surface area contributed by atoms with Crippen LogP contribution in [0.4, 0.5) is 5.13 Å². The first-order valence-corrected chi connectivity index (χ1v) is 7.24. The van der Waals surface area contributed by atoms with Gasteiger partial charge >= 0.3 is 5.97 Å². The lowest BCUT2D eigenvalue weighted by Crippen LogP contribution is -2.24. The van der Waals surface area contributed by atoms with Crippen molar-refractivity contribution < 1.29 is 9.53 Å². The van der Waals surface area contributed by atoms with Gasteiger partial charge in [-0.15, -0.1) is 11.3 Å². The summed E-state index contributed by atoms with van der Waals surface area (Å²) >= 11 is 1.59. The average molecular weight is 268 g/mol. The van der Waals surface area contributed by atoms with E-state index in [2.05, 4.69) is 16.8 Å². The number of ether oxygens (including phenoxy) is 1. The summed E-state index contributed by atoms with van der Waals surface area (Å²) in [6.45, 7) is 6.30. The predicted molar refractivity (Wildman–Crippen MR) is 73.4 cm³/mol. The molecule has 1 atom stereocenters. The van der Waals surface area contributed by atoms with E-state index in [4.69, 9.17) is 4.74 Å². The summed E-state index contributed by atoms with van der Waals surface area (Å²) in [7, 11) is 1.40. The van der Waals surface area contributed by atoms with Crippen LogP contribution in [0.5, 0.6) is 0 Å². The summed E-state index contributed by atoms with van der Waals surface area (Å²) in [6.07, 6.45) is 3.68. The molecule has 0 bridgehead atoms. The van der Waals surface area contributed by atoms with Gasteiger partial charge in [0, 0.05) is 18.0 Å². The fourth-order valence-corrected chi connectivity index (χ4v) is 3.21. The predicted octanol–water partition coefficient (Wildman–Crippen LogP) is 2.86. The third-order valence-corrected chi connectivity index (χ3v) is 4.48. The lowest BCUT2D eigenvalue weighted by atomic mass is 10.0. The van der Waals surface area contributed by atoms with Crippen molar-refractivity contribution in [1.29, 1.82) is 0 Å². The molecule has 1 unspecified atom stereocenters. The zero-order valence-corrected chi connectivity index (χ0v) is 12.0. The molecule has 0 radical (unpaired) electrons. The number of nitrogens with zero attached hydrogens (tertiary/aromatic N) is 2. The van der Waals surface area contributed by atoms with Gasteiger partial charge in [0.1, 0.15) is 0 Å². The zero-order chi connectivity index (χ0) is 13.1. The van der Waals surface area contributed by atoms with Gasteiger partial charge in [-0.3, -0.25) is 0 Å². The number of esters is 1. The minimum Gasteiger partial charge on any atom is -0.464 e. The fourth-order valence-electron chi connectivity index (χ4n) is 2.26. The lowest BCUT2D eigenvalue weighted by molar-refractivity contribution is 0.0594. The number of rotatable bonds is 2. The molecule has 0 N–H and O–H groups in total. The van der Waals surface area contributed by atoms with Crippen molar-refractivity contribution in [2.75, 3.05) is 25.1 Å². The van der Waals surface area contributed by atoms with E-state index in [1.165, 1.54) is 26.4 Å². The van der Waals surface area contributed by atoms with Crippen LogP contribution in [-0.2, 0) is 4.74 Å². The molecule has 0 aromatic carbocycles. The Hall–Kier alpha value is -1.10. The molecule has 1 aliphatic heterocycles. The number of aryl methyl sites for hydroxylation is 1. The van der Waals surface area contributed by atoms with Gasteiger partial charge in [-0.2, -0.15) is 0 Å². The molecule has 1 aliphatic rings. The van der Waals surface area contributed by atoms with Crippen LogP contribution in [-0.4, -0.2) is 31.2 Å². The Morgan fingerprint density at radius 2 is 2.22 bits per heavy atom. The molecule has 4 nitrogen and oxygen atoms in total. The quantitative estimate of drug-likeness (QED) is 0.774. The minimum atomic E-state index is -0.335. The molecule has 1 aromatic heterocycles. The molecule has 1 fully saturated rings. The van der Waals surface area contributed by atoms with Crippen LogP contribution in [0, 0.1) is 12.8 Å². The van der Waals surface area contributed by atoms with E-state index >= 15 is 0 Å². The first-order valence-electron chi connectivity index (χ1n) is 6.42. The summed E-state index contributed by atoms with van der Waals surface area (Å²) in [6, 6.07) is 0. The van der Waals surface area contributed by atoms with Gasteiger partial charge in [0.2, 0.25) is 0 Å². The average Bonchev–Trinajstić information content (AvgIpc) is 2.60. The van der Waals surface area contributed by atoms with Gasteiger partial charge in [-0.1, -0.05) is 6.92 Å². The first-order chi connectivity index (χ1) is 8.61. The van der Waals surface area contributed by atoms with Crippen LogP contribution in [0.25, 0.3) is 0 Å². The summed E-state index contributed by atoms with van der Waals surface area (Å²) < 4.78 is 4.75. The second-order valence-electron chi connectivity index (χ2n) is 4.92. The van der Waals surface area contributed by atoms with E-state index in [-0.39, 0.29) is 5.97 Å². The van der Waals surface area contributed by atoms with Gasteiger partial charge in [0.15, 0.2) is 10.8 Å². The number of hydrogen-bond acceptors (Lipinski definition) is 5. The molecule has 100 valence electrons. The Kier molecular flexibility index (Phi) is 4.22. The number of carbonyl (C=O) groups is 1. The maximum Gasteiger partial charge on any atom is 0.357 e. The molecule has 0 amide bonds. The van der Waals surface area contributed by atoms with Crippen LogP contribution in [0.2, 0.25) is 0 Å². The number of aromatic nitrogens is 1. The van der Waals surface area contributed by atoms with Crippen molar-refractivity contribution in [1.82, 2.24) is 4.98 Å². The van der Waals surface area contributed by atoms with Crippen LogP contribution < -0.4 is 4.90 Å². The Bertz CT molecular complexity index is 431. The molecule has 5 heteroatoms. The van der Waals surface area contributed by atoms with E-state index in [0.717, 1.165) is 29.0 Å².